The van der Waals surface area contributed by atoms with Crippen molar-refractivity contribution < 1.29 is 22.4 Å². The highest BCUT2D eigenvalue weighted by atomic mass is 35.7. The van der Waals surface area contributed by atoms with Gasteiger partial charge in [0.2, 0.25) is 5.76 Å². The zero-order chi connectivity index (χ0) is 14.9. The molecule has 1 aliphatic rings. The molecule has 0 atom stereocenters. The van der Waals surface area contributed by atoms with Crippen molar-refractivity contribution >= 4 is 25.7 Å². The topological polar surface area (TPSA) is 73.6 Å². The molecule has 1 aliphatic carbocycles. The largest absolute Gasteiger partial charge is 0.457 e. The first-order valence-electron chi connectivity index (χ1n) is 6.53. The van der Waals surface area contributed by atoms with E-state index in [0.29, 0.717) is 5.92 Å². The minimum Gasteiger partial charge on any atom is -0.457 e. The van der Waals surface area contributed by atoms with Gasteiger partial charge in [-0.2, -0.15) is 0 Å². The summed E-state index contributed by atoms with van der Waals surface area (Å²) in [5.74, 6) is -0.0208. The van der Waals surface area contributed by atoms with Crippen LogP contribution in [-0.2, 0) is 13.8 Å². The molecule has 0 saturated heterocycles. The predicted molar refractivity (Wildman–Crippen MR) is 73.3 cm³/mol. The van der Waals surface area contributed by atoms with E-state index in [9.17, 15) is 13.2 Å². The number of hydrogen-bond donors (Lipinski definition) is 0. The van der Waals surface area contributed by atoms with Crippen LogP contribution in [-0.4, -0.2) is 20.5 Å². The van der Waals surface area contributed by atoms with Crippen LogP contribution in [0.3, 0.4) is 0 Å². The van der Waals surface area contributed by atoms with E-state index in [0.717, 1.165) is 31.7 Å². The highest BCUT2D eigenvalue weighted by molar-refractivity contribution is 8.13. The monoisotopic (exact) mass is 320 g/mol. The normalized spacial score (nSPS) is 23.6. The van der Waals surface area contributed by atoms with Gasteiger partial charge in [-0.15, -0.1) is 0 Å². The molecule has 1 aromatic heterocycles. The third-order valence-electron chi connectivity index (χ3n) is 3.57. The Morgan fingerprint density at radius 2 is 1.95 bits per heavy atom. The summed E-state index contributed by atoms with van der Waals surface area (Å²) in [7, 11) is 1.33. The van der Waals surface area contributed by atoms with Gasteiger partial charge in [0.15, 0.2) is 0 Å². The second-order valence-corrected chi connectivity index (χ2v) is 7.79. The minimum atomic E-state index is -3.92. The van der Waals surface area contributed by atoms with Gasteiger partial charge in [-0.25, -0.2) is 13.2 Å². The molecule has 0 aliphatic heterocycles. The van der Waals surface area contributed by atoms with Crippen molar-refractivity contribution in [3.63, 3.8) is 0 Å². The van der Waals surface area contributed by atoms with Crippen LogP contribution in [0.15, 0.2) is 15.4 Å². The Morgan fingerprint density at radius 3 is 2.45 bits per heavy atom. The maximum absolute atomic E-state index is 11.9. The Kier molecular flexibility index (Phi) is 4.44. The maximum Gasteiger partial charge on any atom is 0.374 e. The van der Waals surface area contributed by atoms with Crippen LogP contribution in [0.25, 0.3) is 0 Å². The second kappa shape index (κ2) is 5.77. The van der Waals surface area contributed by atoms with Gasteiger partial charge in [0, 0.05) is 16.7 Å². The Labute approximate surface area is 122 Å². The molecule has 0 spiro atoms. The molecular formula is C13H17ClO5S. The van der Waals surface area contributed by atoms with Crippen LogP contribution < -0.4 is 0 Å². The number of carbonyl (C=O) groups is 1. The van der Waals surface area contributed by atoms with Crippen molar-refractivity contribution in [3.05, 3.63) is 17.6 Å². The van der Waals surface area contributed by atoms with Gasteiger partial charge in [0.1, 0.15) is 16.8 Å². The van der Waals surface area contributed by atoms with Crippen LogP contribution >= 0.6 is 10.7 Å². The number of esters is 1. The Hall–Kier alpha value is -1.01. The molecule has 20 heavy (non-hydrogen) atoms. The lowest BCUT2D eigenvalue weighted by Crippen LogP contribution is -2.23. The van der Waals surface area contributed by atoms with E-state index < -0.39 is 15.0 Å². The number of aryl methyl sites for hydroxylation is 1. The molecule has 0 bridgehead atoms. The molecule has 7 heteroatoms. The molecule has 1 saturated carbocycles. The van der Waals surface area contributed by atoms with Gasteiger partial charge in [-0.05, 0) is 38.5 Å². The summed E-state index contributed by atoms with van der Waals surface area (Å²) in [4.78, 5) is 11.7. The number of rotatable bonds is 3. The van der Waals surface area contributed by atoms with Crippen molar-refractivity contribution in [3.8, 4) is 0 Å². The van der Waals surface area contributed by atoms with Crippen LogP contribution in [0.4, 0.5) is 0 Å². The number of furan rings is 1. The summed E-state index contributed by atoms with van der Waals surface area (Å²) in [5.41, 5.74) is 0. The summed E-state index contributed by atoms with van der Waals surface area (Å²) < 4.78 is 33.0. The number of ether oxygens (including phenoxy) is 1. The third-order valence-corrected chi connectivity index (χ3v) is 5.00. The Bertz CT molecular complexity index is 596. The second-order valence-electron chi connectivity index (χ2n) is 5.26. The molecule has 2 rings (SSSR count). The van der Waals surface area contributed by atoms with Crippen molar-refractivity contribution in [1.82, 2.24) is 0 Å². The van der Waals surface area contributed by atoms with E-state index in [1.807, 2.05) is 0 Å². The zero-order valence-corrected chi connectivity index (χ0v) is 13.0. The summed E-state index contributed by atoms with van der Waals surface area (Å²) >= 11 is 0. The standard InChI is InChI=1S/C13H17ClO5S/c1-8-3-5-10(6-4-8)19-13(15)11-7-12(9(2)18-11)20(14,16)17/h7-8,10H,3-6H2,1-2H3. The van der Waals surface area contributed by atoms with Crippen LogP contribution in [0.1, 0.15) is 48.9 Å². The quantitative estimate of drug-likeness (QED) is 0.631. The van der Waals surface area contributed by atoms with Crippen molar-refractivity contribution in [2.75, 3.05) is 0 Å². The van der Waals surface area contributed by atoms with E-state index in [2.05, 4.69) is 6.92 Å². The maximum atomic E-state index is 11.9. The van der Waals surface area contributed by atoms with E-state index >= 15 is 0 Å². The molecule has 0 N–H and O–H groups in total. The molecule has 0 amide bonds. The molecule has 1 heterocycles. The first-order valence-corrected chi connectivity index (χ1v) is 8.84. The first-order chi connectivity index (χ1) is 9.27. The summed E-state index contributed by atoms with van der Waals surface area (Å²) in [5, 5.41) is 0. The zero-order valence-electron chi connectivity index (χ0n) is 11.4. The fourth-order valence-electron chi connectivity index (χ4n) is 2.36. The average Bonchev–Trinajstić information content (AvgIpc) is 2.74. The number of halogens is 1. The van der Waals surface area contributed by atoms with E-state index in [1.165, 1.54) is 6.92 Å². The smallest absolute Gasteiger partial charge is 0.374 e. The van der Waals surface area contributed by atoms with Crippen LogP contribution in [0.2, 0.25) is 0 Å². The molecule has 5 nitrogen and oxygen atoms in total. The van der Waals surface area contributed by atoms with E-state index in [-0.39, 0.29) is 22.5 Å². The SMILES string of the molecule is Cc1oc(C(=O)OC2CCC(C)CC2)cc1S(=O)(=O)Cl. The van der Waals surface area contributed by atoms with Crippen molar-refractivity contribution in [1.29, 1.82) is 0 Å². The Balaban J connectivity index is 2.07. The van der Waals surface area contributed by atoms with Gasteiger partial charge in [-0.1, -0.05) is 6.92 Å². The molecule has 0 aromatic carbocycles. The molecule has 1 fully saturated rings. The predicted octanol–water partition coefficient (Wildman–Crippen LogP) is 3.25. The van der Waals surface area contributed by atoms with Gasteiger partial charge >= 0.3 is 5.97 Å². The van der Waals surface area contributed by atoms with Gasteiger partial charge < -0.3 is 9.15 Å². The molecule has 0 unspecified atom stereocenters. The molecule has 0 radical (unpaired) electrons. The average molecular weight is 321 g/mol. The lowest BCUT2D eigenvalue weighted by atomic mass is 9.89. The number of carbonyl (C=O) groups excluding carboxylic acids is 1. The summed E-state index contributed by atoms with van der Waals surface area (Å²) in [6.07, 6.45) is 3.58. The molecule has 112 valence electrons. The summed E-state index contributed by atoms with van der Waals surface area (Å²) in [6, 6.07) is 1.12. The van der Waals surface area contributed by atoms with Crippen molar-refractivity contribution in [2.24, 2.45) is 5.92 Å². The van der Waals surface area contributed by atoms with Crippen LogP contribution in [0.5, 0.6) is 0 Å². The van der Waals surface area contributed by atoms with Gasteiger partial charge in [0.05, 0.1) is 0 Å². The first kappa shape index (κ1) is 15.4. The van der Waals surface area contributed by atoms with E-state index in [1.54, 1.807) is 0 Å². The lowest BCUT2D eigenvalue weighted by Gasteiger charge is -2.25. The summed E-state index contributed by atoms with van der Waals surface area (Å²) in [6.45, 7) is 3.61. The van der Waals surface area contributed by atoms with E-state index in [4.69, 9.17) is 19.8 Å². The van der Waals surface area contributed by atoms with Crippen molar-refractivity contribution in [2.45, 2.75) is 50.5 Å². The van der Waals surface area contributed by atoms with Crippen LogP contribution in [0, 0.1) is 12.8 Å². The van der Waals surface area contributed by atoms with Gasteiger partial charge in [0.25, 0.3) is 9.05 Å². The van der Waals surface area contributed by atoms with Gasteiger partial charge in [-0.3, -0.25) is 0 Å². The Morgan fingerprint density at radius 1 is 1.35 bits per heavy atom. The highest BCUT2D eigenvalue weighted by Crippen LogP contribution is 2.28. The fourth-order valence-corrected chi connectivity index (χ4v) is 3.46. The highest BCUT2D eigenvalue weighted by Gasteiger charge is 2.26. The molecular weight excluding hydrogens is 304 g/mol. The third kappa shape index (κ3) is 3.55. The lowest BCUT2D eigenvalue weighted by molar-refractivity contribution is 0.0139. The fraction of sp³-hybridized carbons (Fsp3) is 0.615. The number of hydrogen-bond acceptors (Lipinski definition) is 5. The minimum absolute atomic E-state index is 0.0872. The molecule has 1 aromatic rings.